The van der Waals surface area contributed by atoms with Crippen LogP contribution in [0.15, 0.2) is 29.2 Å². The molecule has 1 aromatic carbocycles. The SMILES string of the molecule is CCCCC(NC(=O)c1ccccc1SC)C(=O)O. The van der Waals surface area contributed by atoms with Gasteiger partial charge in [0.15, 0.2) is 0 Å². The van der Waals surface area contributed by atoms with E-state index in [4.69, 9.17) is 5.11 Å². The molecule has 5 heteroatoms. The van der Waals surface area contributed by atoms with Gasteiger partial charge >= 0.3 is 5.97 Å². The Kier molecular flexibility index (Phi) is 6.42. The molecule has 0 spiro atoms. The second-order valence-corrected chi connectivity index (χ2v) is 5.05. The van der Waals surface area contributed by atoms with E-state index in [9.17, 15) is 9.59 Å². The van der Waals surface area contributed by atoms with Crippen molar-refractivity contribution in [1.29, 1.82) is 0 Å². The molecule has 19 heavy (non-hydrogen) atoms. The number of rotatable bonds is 7. The molecule has 1 atom stereocenters. The molecule has 0 aliphatic carbocycles. The molecule has 0 bridgehead atoms. The Balaban J connectivity index is 2.78. The maximum absolute atomic E-state index is 12.1. The van der Waals surface area contributed by atoms with Crippen molar-refractivity contribution in [3.63, 3.8) is 0 Å². The lowest BCUT2D eigenvalue weighted by Gasteiger charge is -2.15. The number of thioether (sulfide) groups is 1. The highest BCUT2D eigenvalue weighted by molar-refractivity contribution is 7.98. The van der Waals surface area contributed by atoms with Gasteiger partial charge in [0.05, 0.1) is 5.56 Å². The molecule has 0 heterocycles. The molecule has 2 N–H and O–H groups in total. The van der Waals surface area contributed by atoms with Crippen LogP contribution < -0.4 is 5.32 Å². The van der Waals surface area contributed by atoms with Crippen molar-refractivity contribution in [1.82, 2.24) is 5.32 Å². The van der Waals surface area contributed by atoms with Crippen LogP contribution in [0.2, 0.25) is 0 Å². The molecule has 1 amide bonds. The normalized spacial score (nSPS) is 11.9. The van der Waals surface area contributed by atoms with E-state index in [1.807, 2.05) is 25.3 Å². The smallest absolute Gasteiger partial charge is 0.326 e. The van der Waals surface area contributed by atoms with E-state index in [1.54, 1.807) is 12.1 Å². The zero-order valence-corrected chi connectivity index (χ0v) is 12.0. The highest BCUT2D eigenvalue weighted by Gasteiger charge is 2.21. The van der Waals surface area contributed by atoms with Gasteiger partial charge in [0.25, 0.3) is 5.91 Å². The summed E-state index contributed by atoms with van der Waals surface area (Å²) in [5.74, 6) is -1.31. The fourth-order valence-corrected chi connectivity index (χ4v) is 2.33. The summed E-state index contributed by atoms with van der Waals surface area (Å²) in [6.45, 7) is 1.99. The Labute approximate surface area is 117 Å². The second kappa shape index (κ2) is 7.84. The Morgan fingerprint density at radius 2 is 2.05 bits per heavy atom. The zero-order valence-electron chi connectivity index (χ0n) is 11.2. The molecule has 104 valence electrons. The first-order valence-electron chi connectivity index (χ1n) is 6.26. The number of hydrogen-bond donors (Lipinski definition) is 2. The predicted octanol–water partition coefficient (Wildman–Crippen LogP) is 2.78. The highest BCUT2D eigenvalue weighted by Crippen LogP contribution is 2.19. The summed E-state index contributed by atoms with van der Waals surface area (Å²) in [5.41, 5.74) is 0.526. The van der Waals surface area contributed by atoms with E-state index in [2.05, 4.69) is 5.32 Å². The molecule has 0 saturated heterocycles. The van der Waals surface area contributed by atoms with Gasteiger partial charge in [0.2, 0.25) is 0 Å². The number of carbonyl (C=O) groups excluding carboxylic acids is 1. The van der Waals surface area contributed by atoms with E-state index in [0.717, 1.165) is 17.7 Å². The number of hydrogen-bond acceptors (Lipinski definition) is 3. The van der Waals surface area contributed by atoms with Gasteiger partial charge in [-0.3, -0.25) is 4.79 Å². The molecule has 1 unspecified atom stereocenters. The van der Waals surface area contributed by atoms with E-state index in [-0.39, 0.29) is 5.91 Å². The fraction of sp³-hybridized carbons (Fsp3) is 0.429. The first-order chi connectivity index (χ1) is 9.10. The van der Waals surface area contributed by atoms with Gasteiger partial charge in [-0.25, -0.2) is 4.79 Å². The van der Waals surface area contributed by atoms with E-state index in [0.29, 0.717) is 12.0 Å². The first-order valence-corrected chi connectivity index (χ1v) is 7.49. The van der Waals surface area contributed by atoms with Gasteiger partial charge < -0.3 is 10.4 Å². The quantitative estimate of drug-likeness (QED) is 0.754. The number of carbonyl (C=O) groups is 2. The van der Waals surface area contributed by atoms with Gasteiger partial charge in [-0.05, 0) is 24.8 Å². The minimum Gasteiger partial charge on any atom is -0.480 e. The molecule has 1 rings (SSSR count). The van der Waals surface area contributed by atoms with Crippen LogP contribution in [0.25, 0.3) is 0 Å². The maximum atomic E-state index is 12.1. The van der Waals surface area contributed by atoms with Crippen LogP contribution in [0.3, 0.4) is 0 Å². The molecule has 1 aromatic rings. The third-order valence-electron chi connectivity index (χ3n) is 2.80. The van der Waals surface area contributed by atoms with Crippen LogP contribution in [-0.2, 0) is 4.79 Å². The molecule has 0 aliphatic heterocycles. The number of benzene rings is 1. The van der Waals surface area contributed by atoms with E-state index >= 15 is 0 Å². The summed E-state index contributed by atoms with van der Waals surface area (Å²) < 4.78 is 0. The van der Waals surface area contributed by atoms with Crippen LogP contribution in [0, 0.1) is 0 Å². The lowest BCUT2D eigenvalue weighted by atomic mass is 10.1. The summed E-state index contributed by atoms with van der Waals surface area (Å²) in [5, 5.41) is 11.7. The van der Waals surface area contributed by atoms with Gasteiger partial charge in [-0.2, -0.15) is 0 Å². The van der Waals surface area contributed by atoms with Crippen molar-refractivity contribution in [2.75, 3.05) is 6.26 Å². The van der Waals surface area contributed by atoms with Crippen LogP contribution in [0.4, 0.5) is 0 Å². The predicted molar refractivity (Wildman–Crippen MR) is 76.6 cm³/mol. The number of aliphatic carboxylic acids is 1. The number of nitrogens with one attached hydrogen (secondary N) is 1. The van der Waals surface area contributed by atoms with Crippen LogP contribution >= 0.6 is 11.8 Å². The fourth-order valence-electron chi connectivity index (χ4n) is 1.73. The van der Waals surface area contributed by atoms with Crippen LogP contribution in [-0.4, -0.2) is 29.3 Å². The summed E-state index contributed by atoms with van der Waals surface area (Å²) in [7, 11) is 0. The lowest BCUT2D eigenvalue weighted by Crippen LogP contribution is -2.40. The van der Waals surface area contributed by atoms with E-state index < -0.39 is 12.0 Å². The Morgan fingerprint density at radius 3 is 2.63 bits per heavy atom. The number of amides is 1. The van der Waals surface area contributed by atoms with Gasteiger partial charge in [0.1, 0.15) is 6.04 Å². The monoisotopic (exact) mass is 281 g/mol. The Hall–Kier alpha value is -1.49. The van der Waals surface area contributed by atoms with Gasteiger partial charge in [-0.1, -0.05) is 31.9 Å². The molecular weight excluding hydrogens is 262 g/mol. The Bertz CT molecular complexity index is 448. The second-order valence-electron chi connectivity index (χ2n) is 4.21. The van der Waals surface area contributed by atoms with Crippen molar-refractivity contribution in [2.24, 2.45) is 0 Å². The number of carboxylic acids is 1. The third-order valence-corrected chi connectivity index (χ3v) is 3.60. The molecule has 0 saturated carbocycles. The average molecular weight is 281 g/mol. The van der Waals surface area contributed by atoms with Crippen molar-refractivity contribution in [3.05, 3.63) is 29.8 Å². The van der Waals surface area contributed by atoms with Crippen molar-refractivity contribution >= 4 is 23.6 Å². The summed E-state index contributed by atoms with van der Waals surface area (Å²) >= 11 is 1.47. The molecule has 0 aromatic heterocycles. The molecule has 0 aliphatic rings. The minimum absolute atomic E-state index is 0.326. The molecule has 0 fully saturated rings. The summed E-state index contributed by atoms with van der Waals surface area (Å²) in [6, 6.07) is 6.37. The molecule has 0 radical (unpaired) electrons. The number of unbranched alkanes of at least 4 members (excludes halogenated alkanes) is 1. The average Bonchev–Trinajstić information content (AvgIpc) is 2.42. The van der Waals surface area contributed by atoms with Gasteiger partial charge in [-0.15, -0.1) is 11.8 Å². The Morgan fingerprint density at radius 1 is 1.37 bits per heavy atom. The minimum atomic E-state index is -0.983. The highest BCUT2D eigenvalue weighted by atomic mass is 32.2. The van der Waals surface area contributed by atoms with Crippen molar-refractivity contribution < 1.29 is 14.7 Å². The van der Waals surface area contributed by atoms with Gasteiger partial charge in [0, 0.05) is 4.90 Å². The first kappa shape index (κ1) is 15.6. The topological polar surface area (TPSA) is 66.4 Å². The van der Waals surface area contributed by atoms with E-state index in [1.165, 1.54) is 11.8 Å². The molecular formula is C14H19NO3S. The van der Waals surface area contributed by atoms with Crippen LogP contribution in [0.5, 0.6) is 0 Å². The largest absolute Gasteiger partial charge is 0.480 e. The summed E-state index contributed by atoms with van der Waals surface area (Å²) in [4.78, 5) is 24.1. The van der Waals surface area contributed by atoms with Crippen molar-refractivity contribution in [2.45, 2.75) is 37.1 Å². The standard InChI is InChI=1S/C14H19NO3S/c1-3-4-8-11(14(17)18)15-13(16)10-7-5-6-9-12(10)19-2/h5-7,9,11H,3-4,8H2,1-2H3,(H,15,16)(H,17,18). The van der Waals surface area contributed by atoms with Crippen LogP contribution in [0.1, 0.15) is 36.5 Å². The van der Waals surface area contributed by atoms with Crippen molar-refractivity contribution in [3.8, 4) is 0 Å². The lowest BCUT2D eigenvalue weighted by molar-refractivity contribution is -0.139. The summed E-state index contributed by atoms with van der Waals surface area (Å²) in [6.07, 6.45) is 4.03. The third kappa shape index (κ3) is 4.59. The zero-order chi connectivity index (χ0) is 14.3. The number of carboxylic acid groups (broad SMARTS) is 1. The molecule has 4 nitrogen and oxygen atoms in total. The maximum Gasteiger partial charge on any atom is 0.326 e.